The summed E-state index contributed by atoms with van der Waals surface area (Å²) in [7, 11) is 0. The Kier molecular flexibility index (Phi) is 6.68. The number of aliphatic carboxylic acids is 1. The van der Waals surface area contributed by atoms with Crippen molar-refractivity contribution in [2.24, 2.45) is 11.8 Å². The molecule has 1 saturated heterocycles. The highest BCUT2D eigenvalue weighted by Gasteiger charge is 2.23. The van der Waals surface area contributed by atoms with Crippen LogP contribution in [0.5, 0.6) is 0 Å². The van der Waals surface area contributed by atoms with Crippen molar-refractivity contribution in [3.05, 3.63) is 24.5 Å². The third-order valence-electron chi connectivity index (χ3n) is 5.92. The normalized spacial score (nSPS) is 25.0. The monoisotopic (exact) mass is 345 g/mol. The van der Waals surface area contributed by atoms with Crippen LogP contribution < -0.4 is 4.90 Å². The molecule has 1 aliphatic carbocycles. The van der Waals surface area contributed by atoms with E-state index >= 15 is 0 Å². The van der Waals surface area contributed by atoms with Gasteiger partial charge in [0.05, 0.1) is 0 Å². The summed E-state index contributed by atoms with van der Waals surface area (Å²) >= 11 is 0. The topological polar surface area (TPSA) is 56.7 Å². The third kappa shape index (κ3) is 5.70. The minimum atomic E-state index is -0.630. The molecule has 0 aromatic carbocycles. The first-order valence-corrected chi connectivity index (χ1v) is 9.80. The van der Waals surface area contributed by atoms with E-state index in [1.807, 2.05) is 12.4 Å². The molecule has 1 aromatic heterocycles. The van der Waals surface area contributed by atoms with Gasteiger partial charge < -0.3 is 10.0 Å². The molecule has 1 saturated carbocycles. The molecule has 0 spiro atoms. The molecule has 0 radical (unpaired) electrons. The second-order valence-corrected chi connectivity index (χ2v) is 7.66. The van der Waals surface area contributed by atoms with Crippen molar-refractivity contribution < 1.29 is 9.90 Å². The lowest BCUT2D eigenvalue weighted by atomic mass is 9.79. The van der Waals surface area contributed by atoms with Gasteiger partial charge in [0.15, 0.2) is 0 Å². The summed E-state index contributed by atoms with van der Waals surface area (Å²) in [5.41, 5.74) is 1.28. The number of carboxylic acid groups (broad SMARTS) is 1. The lowest BCUT2D eigenvalue weighted by Gasteiger charge is -2.36. The fraction of sp³-hybridized carbons (Fsp3) is 0.700. The van der Waals surface area contributed by atoms with E-state index < -0.39 is 5.97 Å². The summed E-state index contributed by atoms with van der Waals surface area (Å²) in [5.74, 6) is 0.618. The highest BCUT2D eigenvalue weighted by Crippen LogP contribution is 2.33. The molecule has 1 aliphatic heterocycles. The van der Waals surface area contributed by atoms with Gasteiger partial charge in [0.1, 0.15) is 0 Å². The predicted octanol–water partition coefficient (Wildman–Crippen LogP) is 3.26. The van der Waals surface area contributed by atoms with E-state index in [1.165, 1.54) is 37.9 Å². The molecule has 2 aliphatic rings. The van der Waals surface area contributed by atoms with Crippen LogP contribution in [-0.4, -0.2) is 53.7 Å². The van der Waals surface area contributed by atoms with E-state index in [2.05, 4.69) is 26.9 Å². The van der Waals surface area contributed by atoms with Crippen molar-refractivity contribution >= 4 is 11.7 Å². The van der Waals surface area contributed by atoms with Crippen LogP contribution in [0.4, 0.5) is 5.69 Å². The molecule has 1 aromatic rings. The van der Waals surface area contributed by atoms with Gasteiger partial charge in [-0.05, 0) is 56.2 Å². The minimum Gasteiger partial charge on any atom is -0.481 e. The van der Waals surface area contributed by atoms with Crippen LogP contribution in [0.15, 0.2) is 24.5 Å². The molecular formula is C20H31N3O2. The van der Waals surface area contributed by atoms with E-state index in [4.69, 9.17) is 5.11 Å². The summed E-state index contributed by atoms with van der Waals surface area (Å²) in [6, 6.07) is 4.19. The highest BCUT2D eigenvalue weighted by molar-refractivity contribution is 5.67. The predicted molar refractivity (Wildman–Crippen MR) is 99.8 cm³/mol. The van der Waals surface area contributed by atoms with E-state index in [0.717, 1.165) is 44.9 Å². The Morgan fingerprint density at radius 2 is 1.68 bits per heavy atom. The van der Waals surface area contributed by atoms with Crippen LogP contribution in [0.25, 0.3) is 0 Å². The SMILES string of the molecule is O=C(O)CC1CCC(CCCN2CCN(c3ccncc3)CC2)CC1. The van der Waals surface area contributed by atoms with Crippen LogP contribution in [0, 0.1) is 11.8 Å². The molecule has 3 rings (SSSR count). The number of hydrogen-bond acceptors (Lipinski definition) is 4. The largest absolute Gasteiger partial charge is 0.481 e. The first-order chi connectivity index (χ1) is 12.2. The second-order valence-electron chi connectivity index (χ2n) is 7.66. The van der Waals surface area contributed by atoms with Gasteiger partial charge in [-0.15, -0.1) is 0 Å². The average Bonchev–Trinajstić information content (AvgIpc) is 2.64. The number of piperazine rings is 1. The summed E-state index contributed by atoms with van der Waals surface area (Å²) in [6.45, 7) is 5.70. The van der Waals surface area contributed by atoms with Gasteiger partial charge in [-0.2, -0.15) is 0 Å². The zero-order valence-corrected chi connectivity index (χ0v) is 15.1. The van der Waals surface area contributed by atoms with Crippen molar-refractivity contribution in [2.45, 2.75) is 44.9 Å². The van der Waals surface area contributed by atoms with Crippen LogP contribution in [0.1, 0.15) is 44.9 Å². The summed E-state index contributed by atoms with van der Waals surface area (Å²) in [6.07, 6.45) is 11.4. The van der Waals surface area contributed by atoms with E-state index in [-0.39, 0.29) is 0 Å². The quantitative estimate of drug-likeness (QED) is 0.822. The molecule has 2 heterocycles. The average molecular weight is 345 g/mol. The zero-order valence-electron chi connectivity index (χ0n) is 15.1. The molecule has 1 N–H and O–H groups in total. The van der Waals surface area contributed by atoms with Crippen LogP contribution in [0.2, 0.25) is 0 Å². The fourth-order valence-electron chi connectivity index (χ4n) is 4.36. The smallest absolute Gasteiger partial charge is 0.303 e. The summed E-state index contributed by atoms with van der Waals surface area (Å²) < 4.78 is 0. The number of pyridine rings is 1. The molecule has 25 heavy (non-hydrogen) atoms. The van der Waals surface area contributed by atoms with Crippen molar-refractivity contribution in [1.82, 2.24) is 9.88 Å². The van der Waals surface area contributed by atoms with Gasteiger partial charge in [0.25, 0.3) is 0 Å². The second kappa shape index (κ2) is 9.18. The Morgan fingerprint density at radius 1 is 1.04 bits per heavy atom. The van der Waals surface area contributed by atoms with Gasteiger partial charge in [-0.3, -0.25) is 14.7 Å². The molecule has 0 amide bonds. The molecule has 5 heteroatoms. The Labute approximate surface area is 151 Å². The molecule has 0 unspecified atom stereocenters. The minimum absolute atomic E-state index is 0.370. The van der Waals surface area contributed by atoms with Crippen molar-refractivity contribution in [1.29, 1.82) is 0 Å². The molecule has 0 atom stereocenters. The molecule has 5 nitrogen and oxygen atoms in total. The summed E-state index contributed by atoms with van der Waals surface area (Å²) in [4.78, 5) is 19.9. The number of carbonyl (C=O) groups is 1. The Bertz CT molecular complexity index is 521. The fourth-order valence-corrected chi connectivity index (χ4v) is 4.36. The van der Waals surface area contributed by atoms with E-state index in [9.17, 15) is 4.79 Å². The molecular weight excluding hydrogens is 314 g/mol. The van der Waals surface area contributed by atoms with Gasteiger partial charge >= 0.3 is 5.97 Å². The molecule has 0 bridgehead atoms. The Morgan fingerprint density at radius 3 is 2.32 bits per heavy atom. The number of carboxylic acids is 1. The van der Waals surface area contributed by atoms with Crippen molar-refractivity contribution in [3.8, 4) is 0 Å². The lowest BCUT2D eigenvalue weighted by Crippen LogP contribution is -2.46. The van der Waals surface area contributed by atoms with Crippen LogP contribution in [0.3, 0.4) is 0 Å². The van der Waals surface area contributed by atoms with Gasteiger partial charge in [-0.25, -0.2) is 0 Å². The first kappa shape index (κ1) is 18.2. The first-order valence-electron chi connectivity index (χ1n) is 9.80. The number of hydrogen-bond donors (Lipinski definition) is 1. The highest BCUT2D eigenvalue weighted by atomic mass is 16.4. The summed E-state index contributed by atoms with van der Waals surface area (Å²) in [5, 5.41) is 8.90. The standard InChI is InChI=1S/C20H31N3O2/c24-20(25)16-18-5-3-17(4-6-18)2-1-11-22-12-14-23(15-13-22)19-7-9-21-10-8-19/h7-10,17-18H,1-6,11-16H2,(H,24,25). The zero-order chi connectivity index (χ0) is 17.5. The van der Waals surface area contributed by atoms with Gasteiger partial charge in [0.2, 0.25) is 0 Å². The molecule has 2 fully saturated rings. The maximum absolute atomic E-state index is 10.8. The maximum atomic E-state index is 10.8. The number of aromatic nitrogens is 1. The lowest BCUT2D eigenvalue weighted by molar-refractivity contribution is -0.138. The maximum Gasteiger partial charge on any atom is 0.303 e. The van der Waals surface area contributed by atoms with Gasteiger partial charge in [0, 0.05) is 50.7 Å². The third-order valence-corrected chi connectivity index (χ3v) is 5.92. The Hall–Kier alpha value is -1.62. The molecule has 138 valence electrons. The van der Waals surface area contributed by atoms with E-state index in [1.54, 1.807) is 0 Å². The number of nitrogens with zero attached hydrogens (tertiary/aromatic N) is 3. The van der Waals surface area contributed by atoms with Crippen molar-refractivity contribution in [3.63, 3.8) is 0 Å². The van der Waals surface area contributed by atoms with Crippen LogP contribution in [-0.2, 0) is 4.79 Å². The number of rotatable bonds is 7. The van der Waals surface area contributed by atoms with Gasteiger partial charge in [-0.1, -0.05) is 12.8 Å². The van der Waals surface area contributed by atoms with Crippen LogP contribution >= 0.6 is 0 Å². The Balaban J connectivity index is 1.29. The number of anilines is 1. The van der Waals surface area contributed by atoms with Crippen molar-refractivity contribution in [2.75, 3.05) is 37.6 Å². The van der Waals surface area contributed by atoms with E-state index in [0.29, 0.717) is 12.3 Å².